The zero-order valence-electron chi connectivity index (χ0n) is 12.8. The molecule has 1 atom stereocenters. The molecule has 0 saturated carbocycles. The van der Waals surface area contributed by atoms with E-state index in [1.54, 1.807) is 11.3 Å². The van der Waals surface area contributed by atoms with Crippen LogP contribution in [0.1, 0.15) is 36.3 Å². The van der Waals surface area contributed by atoms with Crippen molar-refractivity contribution < 1.29 is 0 Å². The van der Waals surface area contributed by atoms with Gasteiger partial charge >= 0.3 is 0 Å². The van der Waals surface area contributed by atoms with Crippen molar-refractivity contribution in [2.75, 3.05) is 5.32 Å². The molecular formula is C16H20N4S. The first-order valence-corrected chi connectivity index (χ1v) is 8.04. The Bertz CT molecular complexity index is 739. The van der Waals surface area contributed by atoms with Gasteiger partial charge in [0.2, 0.25) is 0 Å². The van der Waals surface area contributed by atoms with Gasteiger partial charge in [-0.05, 0) is 32.4 Å². The summed E-state index contributed by atoms with van der Waals surface area (Å²) < 4.78 is 3.17. The van der Waals surface area contributed by atoms with Crippen LogP contribution in [0.2, 0.25) is 0 Å². The highest BCUT2D eigenvalue weighted by Gasteiger charge is 2.19. The van der Waals surface area contributed by atoms with Gasteiger partial charge in [0.05, 0.1) is 22.0 Å². The van der Waals surface area contributed by atoms with Crippen LogP contribution in [-0.4, -0.2) is 14.8 Å². The molecule has 1 N–H and O–H groups in total. The van der Waals surface area contributed by atoms with Gasteiger partial charge in [-0.2, -0.15) is 5.10 Å². The molecule has 0 bridgehead atoms. The largest absolute Gasteiger partial charge is 0.355 e. The molecule has 1 unspecified atom stereocenters. The number of rotatable bonds is 4. The van der Waals surface area contributed by atoms with Crippen molar-refractivity contribution >= 4 is 26.7 Å². The average Bonchev–Trinajstić information content (AvgIpc) is 2.98. The number of aryl methyl sites for hydroxylation is 2. The van der Waals surface area contributed by atoms with Crippen molar-refractivity contribution in [3.8, 4) is 0 Å². The van der Waals surface area contributed by atoms with Crippen LogP contribution in [0.15, 0.2) is 24.3 Å². The molecule has 0 radical (unpaired) electrons. The summed E-state index contributed by atoms with van der Waals surface area (Å²) in [6, 6.07) is 8.49. The minimum Gasteiger partial charge on any atom is -0.355 e. The van der Waals surface area contributed by atoms with Gasteiger partial charge in [0.15, 0.2) is 5.13 Å². The van der Waals surface area contributed by atoms with Gasteiger partial charge in [0.1, 0.15) is 0 Å². The fraction of sp³-hybridized carbons (Fsp3) is 0.375. The van der Waals surface area contributed by atoms with E-state index in [9.17, 15) is 0 Å². The standard InChI is InChI=1S/C16H20N4S/c1-5-12(15-10(2)19-20(4)11(15)3)17-16-18-13-8-6-7-9-14(13)21-16/h6-9,12H,5H2,1-4H3,(H,17,18). The van der Waals surface area contributed by atoms with Crippen molar-refractivity contribution in [2.24, 2.45) is 7.05 Å². The highest BCUT2D eigenvalue weighted by molar-refractivity contribution is 7.22. The molecule has 0 aliphatic rings. The van der Waals surface area contributed by atoms with Crippen molar-refractivity contribution in [3.05, 3.63) is 41.2 Å². The van der Waals surface area contributed by atoms with Crippen LogP contribution < -0.4 is 5.32 Å². The summed E-state index contributed by atoms with van der Waals surface area (Å²) in [5, 5.41) is 9.08. The first kappa shape index (κ1) is 14.1. The minimum absolute atomic E-state index is 0.249. The number of nitrogens with zero attached hydrogens (tertiary/aromatic N) is 3. The van der Waals surface area contributed by atoms with E-state index in [-0.39, 0.29) is 6.04 Å². The lowest BCUT2D eigenvalue weighted by Crippen LogP contribution is -2.11. The summed E-state index contributed by atoms with van der Waals surface area (Å²) in [7, 11) is 2.00. The van der Waals surface area contributed by atoms with Crippen LogP contribution in [0.25, 0.3) is 10.2 Å². The Morgan fingerprint density at radius 3 is 2.67 bits per heavy atom. The Labute approximate surface area is 128 Å². The molecule has 5 heteroatoms. The number of hydrogen-bond acceptors (Lipinski definition) is 4. The Hall–Kier alpha value is -1.88. The number of thiazole rings is 1. The predicted octanol–water partition coefficient (Wildman–Crippen LogP) is 4.21. The Kier molecular flexibility index (Phi) is 3.68. The van der Waals surface area contributed by atoms with E-state index in [0.717, 1.165) is 22.8 Å². The number of benzene rings is 1. The third-order valence-corrected chi connectivity index (χ3v) is 4.88. The molecule has 2 heterocycles. The van der Waals surface area contributed by atoms with Crippen LogP contribution >= 0.6 is 11.3 Å². The van der Waals surface area contributed by atoms with Crippen LogP contribution in [0.3, 0.4) is 0 Å². The van der Waals surface area contributed by atoms with Gasteiger partial charge in [-0.25, -0.2) is 4.98 Å². The van der Waals surface area contributed by atoms with E-state index in [2.05, 4.69) is 54.4 Å². The second-order valence-electron chi connectivity index (χ2n) is 5.30. The lowest BCUT2D eigenvalue weighted by Gasteiger charge is -2.17. The summed E-state index contributed by atoms with van der Waals surface area (Å²) in [4.78, 5) is 4.67. The molecule has 2 aromatic heterocycles. The molecule has 21 heavy (non-hydrogen) atoms. The van der Waals surface area contributed by atoms with Gasteiger partial charge in [0.25, 0.3) is 0 Å². The van der Waals surface area contributed by atoms with Gasteiger partial charge in [-0.1, -0.05) is 30.4 Å². The molecule has 110 valence electrons. The third-order valence-electron chi connectivity index (χ3n) is 3.91. The third kappa shape index (κ3) is 2.53. The first-order chi connectivity index (χ1) is 10.1. The second-order valence-corrected chi connectivity index (χ2v) is 6.33. The monoisotopic (exact) mass is 300 g/mol. The minimum atomic E-state index is 0.249. The molecule has 1 aromatic carbocycles. The molecule has 0 amide bonds. The van der Waals surface area contributed by atoms with Gasteiger partial charge in [-0.3, -0.25) is 4.68 Å². The Balaban J connectivity index is 1.93. The fourth-order valence-electron chi connectivity index (χ4n) is 2.76. The molecule has 0 saturated heterocycles. The van der Waals surface area contributed by atoms with E-state index in [1.165, 1.54) is 16.0 Å². The zero-order chi connectivity index (χ0) is 15.0. The number of fused-ring (bicyclic) bond motifs is 1. The van der Waals surface area contributed by atoms with Crippen molar-refractivity contribution in [2.45, 2.75) is 33.2 Å². The van der Waals surface area contributed by atoms with Gasteiger partial charge < -0.3 is 5.32 Å². The summed E-state index contributed by atoms with van der Waals surface area (Å²) in [6.07, 6.45) is 1.00. The highest BCUT2D eigenvalue weighted by Crippen LogP contribution is 2.31. The average molecular weight is 300 g/mol. The quantitative estimate of drug-likeness (QED) is 0.785. The lowest BCUT2D eigenvalue weighted by molar-refractivity contribution is 0.716. The number of anilines is 1. The van der Waals surface area contributed by atoms with Crippen LogP contribution in [0.4, 0.5) is 5.13 Å². The summed E-state index contributed by atoms with van der Waals surface area (Å²) in [5.41, 5.74) is 4.65. The molecule has 3 rings (SSSR count). The molecule has 0 aliphatic heterocycles. The lowest BCUT2D eigenvalue weighted by atomic mass is 10.0. The predicted molar refractivity (Wildman–Crippen MR) is 89.0 cm³/mol. The molecule has 0 aliphatic carbocycles. The highest BCUT2D eigenvalue weighted by atomic mass is 32.1. The normalized spacial score (nSPS) is 12.8. The van der Waals surface area contributed by atoms with E-state index < -0.39 is 0 Å². The summed E-state index contributed by atoms with van der Waals surface area (Å²) in [5.74, 6) is 0. The van der Waals surface area contributed by atoms with E-state index in [1.807, 2.05) is 17.8 Å². The summed E-state index contributed by atoms with van der Waals surface area (Å²) in [6.45, 7) is 6.39. The first-order valence-electron chi connectivity index (χ1n) is 7.22. The molecule has 0 spiro atoms. The number of nitrogens with one attached hydrogen (secondary N) is 1. The number of para-hydroxylation sites is 1. The topological polar surface area (TPSA) is 42.7 Å². The maximum Gasteiger partial charge on any atom is 0.184 e. The van der Waals surface area contributed by atoms with Crippen molar-refractivity contribution in [1.29, 1.82) is 0 Å². The maximum atomic E-state index is 4.67. The number of hydrogen-bond donors (Lipinski definition) is 1. The Morgan fingerprint density at radius 1 is 1.29 bits per heavy atom. The fourth-order valence-corrected chi connectivity index (χ4v) is 3.67. The Morgan fingerprint density at radius 2 is 2.05 bits per heavy atom. The molecule has 4 nitrogen and oxygen atoms in total. The SMILES string of the molecule is CCC(Nc1nc2ccccc2s1)c1c(C)nn(C)c1C. The van der Waals surface area contributed by atoms with Crippen LogP contribution in [0, 0.1) is 13.8 Å². The maximum absolute atomic E-state index is 4.67. The smallest absolute Gasteiger partial charge is 0.184 e. The van der Waals surface area contributed by atoms with Crippen LogP contribution in [0.5, 0.6) is 0 Å². The molecule has 0 fully saturated rings. The van der Waals surface area contributed by atoms with E-state index in [4.69, 9.17) is 0 Å². The van der Waals surface area contributed by atoms with Gasteiger partial charge in [0, 0.05) is 18.3 Å². The van der Waals surface area contributed by atoms with E-state index in [0.29, 0.717) is 0 Å². The van der Waals surface area contributed by atoms with Crippen molar-refractivity contribution in [1.82, 2.24) is 14.8 Å². The summed E-state index contributed by atoms with van der Waals surface area (Å²) >= 11 is 1.70. The van der Waals surface area contributed by atoms with Gasteiger partial charge in [-0.15, -0.1) is 0 Å². The molecular weight excluding hydrogens is 280 g/mol. The second kappa shape index (κ2) is 5.48. The van der Waals surface area contributed by atoms with E-state index >= 15 is 0 Å². The molecule has 3 aromatic rings. The van der Waals surface area contributed by atoms with Crippen LogP contribution in [-0.2, 0) is 7.05 Å². The van der Waals surface area contributed by atoms with Crippen molar-refractivity contribution in [3.63, 3.8) is 0 Å². The number of aromatic nitrogens is 3. The zero-order valence-corrected chi connectivity index (χ0v) is 13.7.